The van der Waals surface area contributed by atoms with E-state index in [4.69, 9.17) is 4.74 Å². The highest BCUT2D eigenvalue weighted by molar-refractivity contribution is 14.0. The second kappa shape index (κ2) is 15.2. The van der Waals surface area contributed by atoms with Crippen LogP contribution in [0.3, 0.4) is 0 Å². The van der Waals surface area contributed by atoms with Crippen molar-refractivity contribution in [2.45, 2.75) is 53.0 Å². The Hall–Kier alpha value is -0.730. The summed E-state index contributed by atoms with van der Waals surface area (Å²) >= 11 is 0. The molecule has 0 bridgehead atoms. The van der Waals surface area contributed by atoms with Gasteiger partial charge in [0, 0.05) is 26.2 Å². The Morgan fingerprint density at radius 3 is 2.41 bits per heavy atom. The molecule has 0 fully saturated rings. The van der Waals surface area contributed by atoms with Crippen molar-refractivity contribution in [2.75, 3.05) is 26.7 Å². The molecule has 7 heteroatoms. The molecular weight excluding hydrogens is 395 g/mol. The quantitative estimate of drug-likeness (QED) is 0.229. The van der Waals surface area contributed by atoms with Crippen molar-refractivity contribution in [1.29, 1.82) is 0 Å². The third-order valence-electron chi connectivity index (χ3n) is 2.92. The predicted octanol–water partition coefficient (Wildman–Crippen LogP) is 2.73. The fourth-order valence-electron chi connectivity index (χ4n) is 1.93. The number of amides is 1. The van der Waals surface area contributed by atoms with Gasteiger partial charge in [-0.05, 0) is 25.7 Å². The molecular formula is C15H33IN4O2. The zero-order chi connectivity index (χ0) is 16.1. The van der Waals surface area contributed by atoms with Gasteiger partial charge in [-0.15, -0.1) is 24.0 Å². The van der Waals surface area contributed by atoms with E-state index >= 15 is 0 Å². The summed E-state index contributed by atoms with van der Waals surface area (Å²) in [6.45, 7) is 10.1. The second-order valence-electron chi connectivity index (χ2n) is 5.42. The molecule has 0 aromatic carbocycles. The number of nitrogens with one attached hydrogen (secondary N) is 3. The summed E-state index contributed by atoms with van der Waals surface area (Å²) in [6.07, 6.45) is 2.78. The van der Waals surface area contributed by atoms with Gasteiger partial charge in [0.2, 0.25) is 0 Å². The van der Waals surface area contributed by atoms with E-state index in [0.29, 0.717) is 19.1 Å². The Balaban J connectivity index is 0. The third-order valence-corrected chi connectivity index (χ3v) is 2.92. The van der Waals surface area contributed by atoms with Crippen LogP contribution in [0.15, 0.2) is 4.99 Å². The third kappa shape index (κ3) is 13.0. The van der Waals surface area contributed by atoms with Crippen LogP contribution < -0.4 is 16.0 Å². The molecule has 0 radical (unpaired) electrons. The Morgan fingerprint density at radius 1 is 1.23 bits per heavy atom. The topological polar surface area (TPSA) is 74.8 Å². The average molecular weight is 428 g/mol. The predicted molar refractivity (Wildman–Crippen MR) is 103 cm³/mol. The number of unbranched alkanes of at least 4 members (excludes halogenated alkanes) is 1. The van der Waals surface area contributed by atoms with Crippen LogP contribution in [-0.4, -0.2) is 44.8 Å². The van der Waals surface area contributed by atoms with Crippen molar-refractivity contribution >= 4 is 36.0 Å². The standard InChI is InChI=1S/C15H32N4O2.HI/c1-6-8-9-17-14(16-5)18-11-13(10-12(3)4)19-15(20)21-7-2;/h12-13H,6-11H2,1-5H3,(H,19,20)(H2,16,17,18);1H. The van der Waals surface area contributed by atoms with Gasteiger partial charge in [-0.25, -0.2) is 4.79 Å². The molecule has 6 nitrogen and oxygen atoms in total. The number of guanidine groups is 1. The van der Waals surface area contributed by atoms with E-state index in [2.05, 4.69) is 41.7 Å². The SMILES string of the molecule is CCCCNC(=NC)NCC(CC(C)C)NC(=O)OCC.I. The van der Waals surface area contributed by atoms with Gasteiger partial charge in [-0.1, -0.05) is 27.2 Å². The molecule has 0 saturated carbocycles. The molecule has 22 heavy (non-hydrogen) atoms. The van der Waals surface area contributed by atoms with Gasteiger partial charge in [0.25, 0.3) is 0 Å². The molecule has 1 atom stereocenters. The highest BCUT2D eigenvalue weighted by Gasteiger charge is 2.15. The number of rotatable bonds is 9. The summed E-state index contributed by atoms with van der Waals surface area (Å²) in [6, 6.07) is 0.0220. The maximum absolute atomic E-state index is 11.6. The summed E-state index contributed by atoms with van der Waals surface area (Å²) in [4.78, 5) is 15.7. The first-order valence-corrected chi connectivity index (χ1v) is 7.91. The van der Waals surface area contributed by atoms with Gasteiger partial charge in [0.15, 0.2) is 5.96 Å². The van der Waals surface area contributed by atoms with Crippen molar-refractivity contribution in [3.05, 3.63) is 0 Å². The zero-order valence-electron chi connectivity index (χ0n) is 14.6. The van der Waals surface area contributed by atoms with Gasteiger partial charge < -0.3 is 20.7 Å². The fourth-order valence-corrected chi connectivity index (χ4v) is 1.93. The van der Waals surface area contributed by atoms with Gasteiger partial charge >= 0.3 is 6.09 Å². The molecule has 132 valence electrons. The second-order valence-corrected chi connectivity index (χ2v) is 5.42. The summed E-state index contributed by atoms with van der Waals surface area (Å²) < 4.78 is 4.94. The molecule has 3 N–H and O–H groups in total. The lowest BCUT2D eigenvalue weighted by atomic mass is 10.0. The smallest absolute Gasteiger partial charge is 0.407 e. The van der Waals surface area contributed by atoms with Crippen LogP contribution in [0.1, 0.15) is 47.0 Å². The lowest BCUT2D eigenvalue weighted by Crippen LogP contribution is -2.47. The van der Waals surface area contributed by atoms with Crippen molar-refractivity contribution < 1.29 is 9.53 Å². The molecule has 0 heterocycles. The highest BCUT2D eigenvalue weighted by Crippen LogP contribution is 2.04. The summed E-state index contributed by atoms with van der Waals surface area (Å²) in [5, 5.41) is 9.39. The minimum Gasteiger partial charge on any atom is -0.450 e. The minimum absolute atomic E-state index is 0. The maximum Gasteiger partial charge on any atom is 0.407 e. The Labute approximate surface area is 152 Å². The fraction of sp³-hybridized carbons (Fsp3) is 0.867. The van der Waals surface area contributed by atoms with Crippen molar-refractivity contribution in [1.82, 2.24) is 16.0 Å². The van der Waals surface area contributed by atoms with E-state index in [-0.39, 0.29) is 36.1 Å². The first-order chi connectivity index (χ1) is 10.0. The normalized spacial score (nSPS) is 12.4. The number of carbonyl (C=O) groups is 1. The number of carbonyl (C=O) groups excluding carboxylic acids is 1. The summed E-state index contributed by atoms with van der Waals surface area (Å²) in [5.41, 5.74) is 0. The Kier molecular flexibility index (Phi) is 16.2. The van der Waals surface area contributed by atoms with Gasteiger partial charge in [-0.3, -0.25) is 4.99 Å². The minimum atomic E-state index is -0.362. The Bertz CT molecular complexity index is 312. The molecule has 0 aliphatic rings. The number of alkyl carbamates (subject to hydrolysis) is 1. The van der Waals surface area contributed by atoms with Crippen LogP contribution in [0.2, 0.25) is 0 Å². The van der Waals surface area contributed by atoms with Gasteiger partial charge in [0.05, 0.1) is 6.61 Å². The van der Waals surface area contributed by atoms with Crippen molar-refractivity contribution in [3.63, 3.8) is 0 Å². The molecule has 1 unspecified atom stereocenters. The lowest BCUT2D eigenvalue weighted by molar-refractivity contribution is 0.146. The first kappa shape index (κ1) is 23.5. The number of halogens is 1. The van der Waals surface area contributed by atoms with Crippen molar-refractivity contribution in [3.8, 4) is 0 Å². The van der Waals surface area contributed by atoms with Crippen LogP contribution in [0.5, 0.6) is 0 Å². The molecule has 0 aliphatic carbocycles. The molecule has 0 saturated heterocycles. The lowest BCUT2D eigenvalue weighted by Gasteiger charge is -2.22. The van der Waals surface area contributed by atoms with E-state index in [0.717, 1.165) is 31.8 Å². The van der Waals surface area contributed by atoms with Crippen LogP contribution in [0.25, 0.3) is 0 Å². The number of nitrogens with zero attached hydrogens (tertiary/aromatic N) is 1. The van der Waals surface area contributed by atoms with Gasteiger partial charge in [0.1, 0.15) is 0 Å². The molecule has 0 aromatic rings. The molecule has 0 rings (SSSR count). The summed E-state index contributed by atoms with van der Waals surface area (Å²) in [5.74, 6) is 1.26. The molecule has 0 aliphatic heterocycles. The van der Waals surface area contributed by atoms with Crippen LogP contribution in [0, 0.1) is 5.92 Å². The Morgan fingerprint density at radius 2 is 1.91 bits per heavy atom. The molecule has 0 aromatic heterocycles. The van der Waals surface area contributed by atoms with E-state index < -0.39 is 0 Å². The first-order valence-electron chi connectivity index (χ1n) is 7.91. The van der Waals surface area contributed by atoms with E-state index in [9.17, 15) is 4.79 Å². The van der Waals surface area contributed by atoms with E-state index in [1.165, 1.54) is 0 Å². The number of aliphatic imine (C=N–C) groups is 1. The maximum atomic E-state index is 11.6. The molecule has 1 amide bonds. The van der Waals surface area contributed by atoms with Crippen LogP contribution in [0.4, 0.5) is 4.79 Å². The number of ether oxygens (including phenoxy) is 1. The monoisotopic (exact) mass is 428 g/mol. The average Bonchev–Trinajstić information content (AvgIpc) is 2.42. The van der Waals surface area contributed by atoms with E-state index in [1.807, 2.05) is 0 Å². The number of hydrogen-bond donors (Lipinski definition) is 3. The largest absolute Gasteiger partial charge is 0.450 e. The highest BCUT2D eigenvalue weighted by atomic mass is 127. The zero-order valence-corrected chi connectivity index (χ0v) is 16.9. The van der Waals surface area contributed by atoms with Gasteiger partial charge in [-0.2, -0.15) is 0 Å². The van der Waals surface area contributed by atoms with Crippen LogP contribution >= 0.6 is 24.0 Å². The molecule has 0 spiro atoms. The van der Waals surface area contributed by atoms with E-state index in [1.54, 1.807) is 14.0 Å². The van der Waals surface area contributed by atoms with Crippen LogP contribution in [-0.2, 0) is 4.74 Å². The number of hydrogen-bond acceptors (Lipinski definition) is 3. The van der Waals surface area contributed by atoms with Crippen molar-refractivity contribution in [2.24, 2.45) is 10.9 Å². The summed E-state index contributed by atoms with van der Waals surface area (Å²) in [7, 11) is 1.75.